The highest BCUT2D eigenvalue weighted by atomic mass is 16.5. The van der Waals surface area contributed by atoms with Gasteiger partial charge in [0.05, 0.1) is 13.1 Å². The zero-order chi connectivity index (χ0) is 11.5. The van der Waals surface area contributed by atoms with Gasteiger partial charge in [-0.15, -0.1) is 6.42 Å². The Morgan fingerprint density at radius 1 is 1.47 bits per heavy atom. The quantitative estimate of drug-likeness (QED) is 0.514. The lowest BCUT2D eigenvalue weighted by atomic mass is 9.98. The maximum absolute atomic E-state index is 10.8. The number of hydrogen-bond donors (Lipinski definition) is 1. The van der Waals surface area contributed by atoms with Gasteiger partial charge in [-0.05, 0) is 5.92 Å². The van der Waals surface area contributed by atoms with Gasteiger partial charge in [0.15, 0.2) is 5.54 Å². The molecule has 0 aromatic rings. The monoisotopic (exact) mass is 210 g/mol. The number of rotatable bonds is 2. The van der Waals surface area contributed by atoms with Crippen molar-refractivity contribution in [2.45, 2.75) is 45.3 Å². The van der Waals surface area contributed by atoms with E-state index in [1.807, 2.05) is 0 Å². The average molecular weight is 210 g/mol. The maximum atomic E-state index is 10.8. The first kappa shape index (κ1) is 12.1. The number of piperidine rings is 1. The van der Waals surface area contributed by atoms with Crippen molar-refractivity contribution in [3.05, 3.63) is 0 Å². The van der Waals surface area contributed by atoms with Gasteiger partial charge in [0.2, 0.25) is 0 Å². The number of nitrogens with one attached hydrogen (secondary N) is 1. The molecule has 3 nitrogen and oxygen atoms in total. The Bertz CT molecular complexity index is 270. The van der Waals surface area contributed by atoms with Crippen molar-refractivity contribution in [3.8, 4) is 12.3 Å². The number of carbonyl (C=O) groups is 1. The molecular weight excluding hydrogens is 190 g/mol. The first-order valence-corrected chi connectivity index (χ1v) is 5.46. The van der Waals surface area contributed by atoms with Crippen LogP contribution in [0.3, 0.4) is 0 Å². The van der Waals surface area contributed by atoms with Crippen LogP contribution in [0.15, 0.2) is 0 Å². The van der Waals surface area contributed by atoms with Crippen molar-refractivity contribution in [2.24, 2.45) is 0 Å². The van der Waals surface area contributed by atoms with E-state index < -0.39 is 0 Å². The molecule has 0 unspecified atom stereocenters. The normalized spacial score (nSPS) is 26.8. The van der Waals surface area contributed by atoms with Crippen LogP contribution >= 0.6 is 0 Å². The molecule has 0 amide bonds. The fourth-order valence-electron chi connectivity index (χ4n) is 2.02. The SMILES string of the molecule is C#CC(C)(C)[NH+]1CCC(OC(C)=O)CC1. The highest BCUT2D eigenvalue weighted by molar-refractivity contribution is 5.66. The van der Waals surface area contributed by atoms with Gasteiger partial charge in [0, 0.05) is 33.6 Å². The topological polar surface area (TPSA) is 30.7 Å². The smallest absolute Gasteiger partial charge is 0.302 e. The van der Waals surface area contributed by atoms with Crippen LogP contribution in [-0.4, -0.2) is 30.7 Å². The number of esters is 1. The van der Waals surface area contributed by atoms with E-state index in [1.165, 1.54) is 11.8 Å². The van der Waals surface area contributed by atoms with E-state index in [9.17, 15) is 4.79 Å². The van der Waals surface area contributed by atoms with Crippen molar-refractivity contribution in [3.63, 3.8) is 0 Å². The van der Waals surface area contributed by atoms with E-state index in [2.05, 4.69) is 19.8 Å². The second-order valence-corrected chi connectivity index (χ2v) is 4.68. The molecule has 3 heteroatoms. The van der Waals surface area contributed by atoms with Crippen LogP contribution in [0, 0.1) is 12.3 Å². The predicted octanol–water partition coefficient (Wildman–Crippen LogP) is 0.00860. The molecule has 84 valence electrons. The van der Waals surface area contributed by atoms with E-state index in [0.717, 1.165) is 25.9 Å². The van der Waals surface area contributed by atoms with Crippen molar-refractivity contribution < 1.29 is 14.4 Å². The number of quaternary nitrogens is 1. The molecule has 0 aromatic carbocycles. The molecule has 15 heavy (non-hydrogen) atoms. The summed E-state index contributed by atoms with van der Waals surface area (Å²) in [6.07, 6.45) is 7.43. The molecule has 1 saturated heterocycles. The molecule has 1 rings (SSSR count). The van der Waals surface area contributed by atoms with Crippen molar-refractivity contribution in [1.82, 2.24) is 0 Å². The minimum Gasteiger partial charge on any atom is -0.462 e. The summed E-state index contributed by atoms with van der Waals surface area (Å²) >= 11 is 0. The Morgan fingerprint density at radius 3 is 2.40 bits per heavy atom. The van der Waals surface area contributed by atoms with Crippen molar-refractivity contribution in [1.29, 1.82) is 0 Å². The highest BCUT2D eigenvalue weighted by Gasteiger charge is 2.33. The fourth-order valence-corrected chi connectivity index (χ4v) is 2.02. The van der Waals surface area contributed by atoms with E-state index in [-0.39, 0.29) is 17.6 Å². The standard InChI is InChI=1S/C12H19NO2/c1-5-12(3,4)13-8-6-11(7-9-13)15-10(2)14/h1,11H,6-9H2,2-4H3/p+1. The van der Waals surface area contributed by atoms with E-state index in [0.29, 0.717) is 0 Å². The molecule has 0 aromatic heterocycles. The Labute approximate surface area is 91.8 Å². The predicted molar refractivity (Wildman–Crippen MR) is 58.4 cm³/mol. The van der Waals surface area contributed by atoms with Gasteiger partial charge in [-0.1, -0.05) is 0 Å². The summed E-state index contributed by atoms with van der Waals surface area (Å²) in [7, 11) is 0. The number of ether oxygens (including phenoxy) is 1. The summed E-state index contributed by atoms with van der Waals surface area (Å²) in [4.78, 5) is 12.2. The summed E-state index contributed by atoms with van der Waals surface area (Å²) in [6, 6.07) is 0. The number of terminal acetylenes is 1. The molecule has 0 atom stereocenters. The summed E-state index contributed by atoms with van der Waals surface area (Å²) in [5, 5.41) is 0. The fraction of sp³-hybridized carbons (Fsp3) is 0.750. The highest BCUT2D eigenvalue weighted by Crippen LogP contribution is 2.07. The van der Waals surface area contributed by atoms with E-state index in [1.54, 1.807) is 0 Å². The summed E-state index contributed by atoms with van der Waals surface area (Å²) in [6.45, 7) is 7.58. The molecule has 0 bridgehead atoms. The number of hydrogen-bond acceptors (Lipinski definition) is 2. The van der Waals surface area contributed by atoms with E-state index >= 15 is 0 Å². The lowest BCUT2D eigenvalue weighted by Gasteiger charge is -2.36. The molecular formula is C12H20NO2+. The molecule has 1 N–H and O–H groups in total. The third-order valence-corrected chi connectivity index (χ3v) is 3.11. The minimum absolute atomic E-state index is 0.0971. The summed E-state index contributed by atoms with van der Waals surface area (Å²) in [5.74, 6) is 2.64. The Hall–Kier alpha value is -1.01. The third-order valence-electron chi connectivity index (χ3n) is 3.11. The lowest BCUT2D eigenvalue weighted by Crippen LogP contribution is -3.20. The minimum atomic E-state index is -0.181. The third kappa shape index (κ3) is 3.24. The van der Waals surface area contributed by atoms with Gasteiger partial charge in [0.1, 0.15) is 6.10 Å². The first-order chi connectivity index (χ1) is 6.95. The van der Waals surface area contributed by atoms with Gasteiger partial charge in [-0.2, -0.15) is 0 Å². The second-order valence-electron chi connectivity index (χ2n) is 4.68. The Morgan fingerprint density at radius 2 is 2.00 bits per heavy atom. The van der Waals surface area contributed by atoms with Gasteiger partial charge in [0.25, 0.3) is 0 Å². The summed E-state index contributed by atoms with van der Waals surface area (Å²) < 4.78 is 5.18. The van der Waals surface area contributed by atoms with Crippen LogP contribution in [0.1, 0.15) is 33.6 Å². The molecule has 0 saturated carbocycles. The molecule has 1 fully saturated rings. The van der Waals surface area contributed by atoms with Gasteiger partial charge in [-0.3, -0.25) is 4.79 Å². The molecule has 1 heterocycles. The van der Waals surface area contributed by atoms with Crippen molar-refractivity contribution >= 4 is 5.97 Å². The molecule has 0 radical (unpaired) electrons. The number of carbonyl (C=O) groups excluding carboxylic acids is 1. The molecule has 1 aliphatic heterocycles. The van der Waals surface area contributed by atoms with Gasteiger partial charge in [-0.25, -0.2) is 0 Å². The van der Waals surface area contributed by atoms with Crippen LogP contribution in [0.2, 0.25) is 0 Å². The van der Waals surface area contributed by atoms with Crippen LogP contribution in [-0.2, 0) is 9.53 Å². The van der Waals surface area contributed by atoms with Crippen LogP contribution < -0.4 is 4.90 Å². The zero-order valence-corrected chi connectivity index (χ0v) is 9.80. The van der Waals surface area contributed by atoms with Crippen molar-refractivity contribution in [2.75, 3.05) is 13.1 Å². The Balaban J connectivity index is 2.43. The largest absolute Gasteiger partial charge is 0.462 e. The lowest BCUT2D eigenvalue weighted by molar-refractivity contribution is -0.944. The van der Waals surface area contributed by atoms with Crippen LogP contribution in [0.4, 0.5) is 0 Å². The van der Waals surface area contributed by atoms with Crippen LogP contribution in [0.25, 0.3) is 0 Å². The maximum Gasteiger partial charge on any atom is 0.302 e. The summed E-state index contributed by atoms with van der Waals surface area (Å²) in [5.41, 5.74) is -0.110. The second kappa shape index (κ2) is 4.67. The molecule has 1 aliphatic rings. The van der Waals surface area contributed by atoms with E-state index in [4.69, 9.17) is 11.2 Å². The average Bonchev–Trinajstić information content (AvgIpc) is 2.18. The molecule has 0 aliphatic carbocycles. The number of likely N-dealkylation sites (tertiary alicyclic amines) is 1. The van der Waals surface area contributed by atoms with Crippen LogP contribution in [0.5, 0.6) is 0 Å². The van der Waals surface area contributed by atoms with Gasteiger partial charge < -0.3 is 9.64 Å². The first-order valence-electron chi connectivity index (χ1n) is 5.46. The Kier molecular flexibility index (Phi) is 3.76. The molecule has 0 spiro atoms. The van der Waals surface area contributed by atoms with Gasteiger partial charge >= 0.3 is 5.97 Å². The zero-order valence-electron chi connectivity index (χ0n) is 9.80.